The Bertz CT molecular complexity index is 664. The topological polar surface area (TPSA) is 42.7 Å². The molecule has 0 bridgehead atoms. The molecule has 6 heteroatoms. The van der Waals surface area contributed by atoms with Crippen molar-refractivity contribution >= 4 is 17.1 Å². The number of imidazole rings is 1. The highest BCUT2D eigenvalue weighted by atomic mass is 35.5. The zero-order valence-corrected chi connectivity index (χ0v) is 14.3. The molecule has 22 heavy (non-hydrogen) atoms. The van der Waals surface area contributed by atoms with Crippen LogP contribution >= 0.6 is 11.6 Å². The summed E-state index contributed by atoms with van der Waals surface area (Å²) < 4.78 is 7.49. The average Bonchev–Trinajstić information content (AvgIpc) is 3.03. The Labute approximate surface area is 136 Å². The quantitative estimate of drug-likeness (QED) is 0.871. The molecule has 0 saturated carbocycles. The van der Waals surface area contributed by atoms with E-state index in [-0.39, 0.29) is 5.54 Å². The third-order valence-corrected chi connectivity index (χ3v) is 4.73. The molecular weight excluding hydrogens is 300 g/mol. The minimum Gasteiger partial charge on any atom is -0.383 e. The molecule has 1 aliphatic rings. The molecular formula is C16H23ClN4O. The fourth-order valence-electron chi connectivity index (χ4n) is 3.49. The average molecular weight is 323 g/mol. The van der Waals surface area contributed by atoms with E-state index in [0.717, 1.165) is 30.9 Å². The molecule has 1 saturated heterocycles. The molecule has 0 spiro atoms. The molecule has 3 rings (SSSR count). The van der Waals surface area contributed by atoms with Gasteiger partial charge in [-0.25, -0.2) is 9.97 Å². The van der Waals surface area contributed by atoms with Crippen LogP contribution < -0.4 is 0 Å². The SMILES string of the molecule is COC[C@H]1CC(c2ncc3c(Cl)nccn23)CN1C(C)(C)C. The second kappa shape index (κ2) is 5.80. The van der Waals surface area contributed by atoms with Gasteiger partial charge in [-0.1, -0.05) is 11.6 Å². The first-order valence-electron chi connectivity index (χ1n) is 7.65. The number of rotatable bonds is 3. The van der Waals surface area contributed by atoms with Gasteiger partial charge in [0, 0.05) is 43.5 Å². The Morgan fingerprint density at radius 1 is 1.36 bits per heavy atom. The van der Waals surface area contributed by atoms with Gasteiger partial charge in [-0.2, -0.15) is 0 Å². The van der Waals surface area contributed by atoms with Crippen molar-refractivity contribution in [1.29, 1.82) is 0 Å². The van der Waals surface area contributed by atoms with Gasteiger partial charge in [0.15, 0.2) is 5.15 Å². The number of fused-ring (bicyclic) bond motifs is 1. The van der Waals surface area contributed by atoms with Crippen molar-refractivity contribution in [3.05, 3.63) is 29.6 Å². The van der Waals surface area contributed by atoms with Crippen molar-refractivity contribution < 1.29 is 4.74 Å². The van der Waals surface area contributed by atoms with E-state index in [9.17, 15) is 0 Å². The fraction of sp³-hybridized carbons (Fsp3) is 0.625. The molecule has 2 atom stereocenters. The minimum absolute atomic E-state index is 0.115. The lowest BCUT2D eigenvalue weighted by molar-refractivity contribution is 0.0601. The Balaban J connectivity index is 1.93. The van der Waals surface area contributed by atoms with Crippen LogP contribution in [0.25, 0.3) is 5.52 Å². The van der Waals surface area contributed by atoms with Gasteiger partial charge in [0.05, 0.1) is 12.8 Å². The smallest absolute Gasteiger partial charge is 0.154 e. The van der Waals surface area contributed by atoms with Crippen molar-refractivity contribution in [3.63, 3.8) is 0 Å². The van der Waals surface area contributed by atoms with Crippen LogP contribution in [-0.2, 0) is 4.74 Å². The van der Waals surface area contributed by atoms with Crippen LogP contribution in [0.15, 0.2) is 18.6 Å². The van der Waals surface area contributed by atoms with Gasteiger partial charge >= 0.3 is 0 Å². The molecule has 0 amide bonds. The molecule has 1 fully saturated rings. The summed E-state index contributed by atoms with van der Waals surface area (Å²) in [5.74, 6) is 1.44. The predicted molar refractivity (Wildman–Crippen MR) is 87.5 cm³/mol. The van der Waals surface area contributed by atoms with Gasteiger partial charge in [0.25, 0.3) is 0 Å². The second-order valence-electron chi connectivity index (χ2n) is 6.95. The predicted octanol–water partition coefficient (Wildman–Crippen LogP) is 2.99. The minimum atomic E-state index is 0.115. The van der Waals surface area contributed by atoms with E-state index < -0.39 is 0 Å². The molecule has 2 aromatic heterocycles. The summed E-state index contributed by atoms with van der Waals surface area (Å²) in [6, 6.07) is 0.416. The summed E-state index contributed by atoms with van der Waals surface area (Å²) >= 11 is 6.15. The maximum atomic E-state index is 6.15. The van der Waals surface area contributed by atoms with E-state index >= 15 is 0 Å². The summed E-state index contributed by atoms with van der Waals surface area (Å²) in [7, 11) is 1.77. The fourth-order valence-corrected chi connectivity index (χ4v) is 3.69. The Morgan fingerprint density at radius 2 is 2.14 bits per heavy atom. The number of halogens is 1. The lowest BCUT2D eigenvalue weighted by Crippen LogP contribution is -2.46. The Morgan fingerprint density at radius 3 is 2.82 bits per heavy atom. The molecule has 0 aromatic carbocycles. The van der Waals surface area contributed by atoms with E-state index in [0.29, 0.717) is 17.1 Å². The van der Waals surface area contributed by atoms with E-state index in [1.165, 1.54) is 0 Å². The van der Waals surface area contributed by atoms with Gasteiger partial charge < -0.3 is 4.74 Å². The largest absolute Gasteiger partial charge is 0.383 e. The zero-order valence-electron chi connectivity index (χ0n) is 13.6. The van der Waals surface area contributed by atoms with E-state index in [1.54, 1.807) is 13.3 Å². The first kappa shape index (κ1) is 15.7. The van der Waals surface area contributed by atoms with Gasteiger partial charge in [0.2, 0.25) is 0 Å². The standard InChI is InChI=1S/C16H23ClN4O/c1-16(2,3)21-9-11(7-12(21)10-22-4)15-19-8-13-14(17)18-5-6-20(13)15/h5-6,8,11-12H,7,9-10H2,1-4H3/t11?,12-/m1/s1. The van der Waals surface area contributed by atoms with Crippen LogP contribution in [0.5, 0.6) is 0 Å². The van der Waals surface area contributed by atoms with Crippen LogP contribution in [0.3, 0.4) is 0 Å². The van der Waals surface area contributed by atoms with Gasteiger partial charge in [0.1, 0.15) is 11.3 Å². The Kier molecular flexibility index (Phi) is 4.14. The summed E-state index contributed by atoms with van der Waals surface area (Å²) in [5.41, 5.74) is 0.987. The van der Waals surface area contributed by atoms with Crippen LogP contribution in [0, 0.1) is 0 Å². The number of nitrogens with zero attached hydrogens (tertiary/aromatic N) is 4. The van der Waals surface area contributed by atoms with Crippen molar-refractivity contribution in [2.45, 2.75) is 44.7 Å². The van der Waals surface area contributed by atoms with Crippen molar-refractivity contribution in [1.82, 2.24) is 19.3 Å². The van der Waals surface area contributed by atoms with Crippen LogP contribution in [-0.4, -0.2) is 51.1 Å². The number of hydrogen-bond donors (Lipinski definition) is 0. The normalized spacial score (nSPS) is 23.5. The number of methoxy groups -OCH3 is 1. The third kappa shape index (κ3) is 2.73. The number of aromatic nitrogens is 3. The molecule has 2 aromatic rings. The van der Waals surface area contributed by atoms with Crippen molar-refractivity contribution in [3.8, 4) is 0 Å². The summed E-state index contributed by atoms with van der Waals surface area (Å²) in [5, 5.41) is 0.500. The highest BCUT2D eigenvalue weighted by molar-refractivity contribution is 6.32. The molecule has 0 N–H and O–H groups in total. The second-order valence-corrected chi connectivity index (χ2v) is 7.31. The van der Waals surface area contributed by atoms with Crippen LogP contribution in [0.4, 0.5) is 0 Å². The van der Waals surface area contributed by atoms with Crippen LogP contribution in [0.2, 0.25) is 5.15 Å². The molecule has 0 radical (unpaired) electrons. The first-order chi connectivity index (χ1) is 10.4. The zero-order chi connectivity index (χ0) is 15.9. The maximum Gasteiger partial charge on any atom is 0.154 e. The van der Waals surface area contributed by atoms with E-state index in [1.807, 2.05) is 12.4 Å². The summed E-state index contributed by atoms with van der Waals surface area (Å²) in [4.78, 5) is 11.3. The summed E-state index contributed by atoms with van der Waals surface area (Å²) in [6.07, 6.45) is 6.53. The highest BCUT2D eigenvalue weighted by Gasteiger charge is 2.40. The monoisotopic (exact) mass is 322 g/mol. The van der Waals surface area contributed by atoms with Crippen LogP contribution in [0.1, 0.15) is 38.9 Å². The number of hydrogen-bond acceptors (Lipinski definition) is 4. The summed E-state index contributed by atoms with van der Waals surface area (Å²) in [6.45, 7) is 8.49. The Hall–Kier alpha value is -1.17. The van der Waals surface area contributed by atoms with Gasteiger partial charge in [-0.3, -0.25) is 9.30 Å². The molecule has 120 valence electrons. The highest BCUT2D eigenvalue weighted by Crippen LogP contribution is 2.36. The molecule has 0 aliphatic carbocycles. The van der Waals surface area contributed by atoms with Gasteiger partial charge in [-0.15, -0.1) is 0 Å². The van der Waals surface area contributed by atoms with Crippen molar-refractivity contribution in [2.24, 2.45) is 0 Å². The lowest BCUT2D eigenvalue weighted by atomic mass is 10.0. The number of ether oxygens (including phenoxy) is 1. The van der Waals surface area contributed by atoms with E-state index in [2.05, 4.69) is 40.0 Å². The van der Waals surface area contributed by atoms with Crippen molar-refractivity contribution in [2.75, 3.05) is 20.3 Å². The van der Waals surface area contributed by atoms with Gasteiger partial charge in [-0.05, 0) is 27.2 Å². The van der Waals surface area contributed by atoms with E-state index in [4.69, 9.17) is 16.3 Å². The maximum absolute atomic E-state index is 6.15. The molecule has 5 nitrogen and oxygen atoms in total. The first-order valence-corrected chi connectivity index (χ1v) is 8.02. The number of likely N-dealkylation sites (tertiary alicyclic amines) is 1. The molecule has 1 unspecified atom stereocenters. The molecule has 3 heterocycles. The third-order valence-electron chi connectivity index (χ3n) is 4.44. The lowest BCUT2D eigenvalue weighted by Gasteiger charge is -2.36. The molecule has 1 aliphatic heterocycles.